The zero-order valence-electron chi connectivity index (χ0n) is 11.2. The molecule has 1 aromatic heterocycles. The van der Waals surface area contributed by atoms with Crippen LogP contribution in [0, 0.1) is 0 Å². The number of thiophene rings is 1. The van der Waals surface area contributed by atoms with Crippen LogP contribution in [0.4, 0.5) is 0 Å². The number of nitrogens with one attached hydrogen (secondary N) is 1. The molecule has 0 aliphatic carbocycles. The Labute approximate surface area is 122 Å². The van der Waals surface area contributed by atoms with Crippen LogP contribution in [0.15, 0.2) is 21.7 Å². The van der Waals surface area contributed by atoms with Gasteiger partial charge in [-0.15, -0.1) is 11.3 Å². The van der Waals surface area contributed by atoms with Gasteiger partial charge < -0.3 is 10.0 Å². The SMILES string of the molecule is CC1(O)CCN(C(=O)CCNS(=O)(=O)c2cccs2)C1. The van der Waals surface area contributed by atoms with Gasteiger partial charge in [-0.05, 0) is 24.8 Å². The maximum absolute atomic E-state index is 11.9. The van der Waals surface area contributed by atoms with Gasteiger partial charge in [-0.3, -0.25) is 4.79 Å². The van der Waals surface area contributed by atoms with Crippen LogP contribution in [-0.4, -0.2) is 49.6 Å². The summed E-state index contributed by atoms with van der Waals surface area (Å²) in [5.74, 6) is -0.142. The summed E-state index contributed by atoms with van der Waals surface area (Å²) >= 11 is 1.13. The number of nitrogens with zero attached hydrogens (tertiary/aromatic N) is 1. The number of hydrogen-bond donors (Lipinski definition) is 2. The molecule has 0 aromatic carbocycles. The van der Waals surface area contributed by atoms with E-state index >= 15 is 0 Å². The third-order valence-corrected chi connectivity index (χ3v) is 6.05. The van der Waals surface area contributed by atoms with E-state index < -0.39 is 15.6 Å². The summed E-state index contributed by atoms with van der Waals surface area (Å²) in [7, 11) is -3.51. The van der Waals surface area contributed by atoms with E-state index in [0.717, 1.165) is 11.3 Å². The van der Waals surface area contributed by atoms with Gasteiger partial charge in [0.2, 0.25) is 15.9 Å². The van der Waals surface area contributed by atoms with Crippen molar-refractivity contribution in [1.29, 1.82) is 0 Å². The predicted molar refractivity (Wildman–Crippen MR) is 75.9 cm³/mol. The van der Waals surface area contributed by atoms with E-state index in [0.29, 0.717) is 19.5 Å². The van der Waals surface area contributed by atoms with Crippen molar-refractivity contribution in [1.82, 2.24) is 9.62 Å². The molecule has 2 heterocycles. The Bertz CT molecular complexity index is 566. The largest absolute Gasteiger partial charge is 0.388 e. The molecular formula is C12H18N2O4S2. The maximum Gasteiger partial charge on any atom is 0.250 e. The van der Waals surface area contributed by atoms with Gasteiger partial charge in [-0.1, -0.05) is 6.07 Å². The van der Waals surface area contributed by atoms with Crippen molar-refractivity contribution in [3.8, 4) is 0 Å². The topological polar surface area (TPSA) is 86.7 Å². The van der Waals surface area contributed by atoms with Gasteiger partial charge in [-0.25, -0.2) is 13.1 Å². The summed E-state index contributed by atoms with van der Waals surface area (Å²) in [6.07, 6.45) is 0.653. The quantitative estimate of drug-likeness (QED) is 0.823. The maximum atomic E-state index is 11.9. The van der Waals surface area contributed by atoms with E-state index in [2.05, 4.69) is 4.72 Å². The first-order valence-electron chi connectivity index (χ1n) is 6.33. The van der Waals surface area contributed by atoms with Crippen LogP contribution < -0.4 is 4.72 Å². The molecule has 2 rings (SSSR count). The molecule has 8 heteroatoms. The summed E-state index contributed by atoms with van der Waals surface area (Å²) in [5.41, 5.74) is -0.827. The standard InChI is InChI=1S/C12H18N2O4S2/c1-12(16)5-7-14(9-12)10(15)4-6-13-20(17,18)11-3-2-8-19-11/h2-3,8,13,16H,4-7,9H2,1H3. The van der Waals surface area contributed by atoms with Gasteiger partial charge in [0.25, 0.3) is 0 Å². The molecule has 1 aliphatic heterocycles. The van der Waals surface area contributed by atoms with Crippen molar-refractivity contribution in [2.75, 3.05) is 19.6 Å². The highest BCUT2D eigenvalue weighted by Crippen LogP contribution is 2.20. The minimum Gasteiger partial charge on any atom is -0.388 e. The molecule has 1 fully saturated rings. The van der Waals surface area contributed by atoms with Crippen LogP contribution in [-0.2, 0) is 14.8 Å². The van der Waals surface area contributed by atoms with Crippen molar-refractivity contribution >= 4 is 27.3 Å². The van der Waals surface area contributed by atoms with Crippen molar-refractivity contribution in [2.24, 2.45) is 0 Å². The molecule has 0 radical (unpaired) electrons. The molecule has 1 saturated heterocycles. The molecule has 2 N–H and O–H groups in total. The third kappa shape index (κ3) is 3.78. The van der Waals surface area contributed by atoms with E-state index in [9.17, 15) is 18.3 Å². The van der Waals surface area contributed by atoms with Crippen LogP contribution in [0.2, 0.25) is 0 Å². The lowest BCUT2D eigenvalue weighted by molar-refractivity contribution is -0.130. The number of rotatable bonds is 5. The van der Waals surface area contributed by atoms with Crippen LogP contribution in [0.5, 0.6) is 0 Å². The fraction of sp³-hybridized carbons (Fsp3) is 0.583. The molecule has 1 aliphatic rings. The molecule has 1 aromatic rings. The fourth-order valence-corrected chi connectivity index (χ4v) is 4.17. The lowest BCUT2D eigenvalue weighted by atomic mass is 10.1. The number of sulfonamides is 1. The molecule has 0 saturated carbocycles. The zero-order chi connectivity index (χ0) is 14.8. The lowest BCUT2D eigenvalue weighted by Crippen LogP contribution is -2.36. The lowest BCUT2D eigenvalue weighted by Gasteiger charge is -2.19. The summed E-state index contributed by atoms with van der Waals surface area (Å²) in [5, 5.41) is 11.5. The minimum atomic E-state index is -3.51. The van der Waals surface area contributed by atoms with Crippen molar-refractivity contribution in [3.05, 3.63) is 17.5 Å². The van der Waals surface area contributed by atoms with E-state index in [1.165, 1.54) is 6.07 Å². The van der Waals surface area contributed by atoms with Gasteiger partial charge in [0.05, 0.1) is 5.60 Å². The van der Waals surface area contributed by atoms with E-state index in [-0.39, 0.29) is 23.1 Å². The molecule has 0 bridgehead atoms. The van der Waals surface area contributed by atoms with Gasteiger partial charge in [0, 0.05) is 26.1 Å². The highest BCUT2D eigenvalue weighted by atomic mass is 32.2. The number of aliphatic hydroxyl groups is 1. The van der Waals surface area contributed by atoms with E-state index in [1.807, 2.05) is 0 Å². The summed E-state index contributed by atoms with van der Waals surface area (Å²) in [6, 6.07) is 3.18. The molecule has 20 heavy (non-hydrogen) atoms. The smallest absolute Gasteiger partial charge is 0.250 e. The Morgan fingerprint density at radius 2 is 2.35 bits per heavy atom. The second-order valence-electron chi connectivity index (χ2n) is 5.14. The number of carbonyl (C=O) groups excluding carboxylic acids is 1. The van der Waals surface area contributed by atoms with Crippen molar-refractivity contribution < 1.29 is 18.3 Å². The van der Waals surface area contributed by atoms with Crippen LogP contribution >= 0.6 is 11.3 Å². The normalized spacial score (nSPS) is 23.2. The van der Waals surface area contributed by atoms with E-state index in [1.54, 1.807) is 23.3 Å². The number of hydrogen-bond acceptors (Lipinski definition) is 5. The summed E-state index contributed by atoms with van der Waals surface area (Å²) in [4.78, 5) is 13.5. The molecule has 1 atom stereocenters. The van der Waals surface area contributed by atoms with E-state index in [4.69, 9.17) is 0 Å². The molecule has 0 spiro atoms. The molecule has 1 amide bonds. The number of carbonyl (C=O) groups is 1. The highest BCUT2D eigenvalue weighted by Gasteiger charge is 2.33. The Kier molecular flexibility index (Phi) is 4.48. The summed E-state index contributed by atoms with van der Waals surface area (Å²) < 4.78 is 26.3. The number of amides is 1. The second kappa shape index (κ2) is 5.80. The first kappa shape index (κ1) is 15.4. The molecule has 112 valence electrons. The van der Waals surface area contributed by atoms with Gasteiger partial charge in [0.1, 0.15) is 4.21 Å². The monoisotopic (exact) mass is 318 g/mol. The first-order chi connectivity index (χ1) is 9.30. The zero-order valence-corrected chi connectivity index (χ0v) is 12.8. The average Bonchev–Trinajstić information content (AvgIpc) is 2.97. The average molecular weight is 318 g/mol. The van der Waals surface area contributed by atoms with Gasteiger partial charge in [0.15, 0.2) is 0 Å². The number of likely N-dealkylation sites (tertiary alicyclic amines) is 1. The second-order valence-corrected chi connectivity index (χ2v) is 8.08. The Hall–Kier alpha value is -0.960. The highest BCUT2D eigenvalue weighted by molar-refractivity contribution is 7.91. The number of β-amino-alcohol motifs (C(OH)–C–C–N with tert-alkyl or cyclic N) is 1. The molecule has 1 unspecified atom stereocenters. The van der Waals surface area contributed by atoms with Crippen LogP contribution in [0.1, 0.15) is 19.8 Å². The Balaban J connectivity index is 1.81. The minimum absolute atomic E-state index is 0.0672. The Morgan fingerprint density at radius 3 is 2.90 bits per heavy atom. The van der Waals surface area contributed by atoms with Crippen molar-refractivity contribution in [2.45, 2.75) is 29.6 Å². The molecule has 6 nitrogen and oxygen atoms in total. The summed E-state index contributed by atoms with van der Waals surface area (Å²) in [6.45, 7) is 2.59. The fourth-order valence-electron chi connectivity index (χ4n) is 2.10. The van der Waals surface area contributed by atoms with Crippen LogP contribution in [0.25, 0.3) is 0 Å². The third-order valence-electron chi connectivity index (χ3n) is 3.20. The van der Waals surface area contributed by atoms with Gasteiger partial charge in [-0.2, -0.15) is 0 Å². The predicted octanol–water partition coefficient (Wildman–Crippen LogP) is 0.400. The first-order valence-corrected chi connectivity index (χ1v) is 8.70. The molecular weight excluding hydrogens is 300 g/mol. The van der Waals surface area contributed by atoms with Crippen LogP contribution in [0.3, 0.4) is 0 Å². The Morgan fingerprint density at radius 1 is 1.60 bits per heavy atom. The van der Waals surface area contributed by atoms with Crippen molar-refractivity contribution in [3.63, 3.8) is 0 Å². The van der Waals surface area contributed by atoms with Gasteiger partial charge >= 0.3 is 0 Å².